The number of likely N-dealkylation sites (tertiary alicyclic amines) is 1. The number of carboxylic acids is 1. The first kappa shape index (κ1) is 33.6. The third-order valence-electron chi connectivity index (χ3n) is 8.80. The van der Waals surface area contributed by atoms with Gasteiger partial charge in [-0.3, -0.25) is 9.69 Å². The van der Waals surface area contributed by atoms with Crippen LogP contribution in [0.4, 0.5) is 26.3 Å². The predicted octanol–water partition coefficient (Wildman–Crippen LogP) is 10.1. The lowest BCUT2D eigenvalue weighted by Crippen LogP contribution is -2.37. The molecular weight excluding hydrogens is 580 g/mol. The van der Waals surface area contributed by atoms with Crippen molar-refractivity contribution in [2.45, 2.75) is 83.1 Å². The van der Waals surface area contributed by atoms with Crippen LogP contribution in [0.5, 0.6) is 0 Å². The molecule has 238 valence electrons. The standard InChI is InChI=1S/C35H39F6NO2/c1-5-31(24-10-14-29(15-11-24)35(39,40)41)42-16-6-7-25(21-42)27-17-26(23-8-12-28(13-9-23)34(36,37)38)18-30(19-27)33(4,32(43)44)20-22(2)3/h8-15,17-19,22,25,31H,5-7,16,20-21H2,1-4H3,(H,43,44)/t25?,31?,33-/m1/s1. The van der Waals surface area contributed by atoms with E-state index in [9.17, 15) is 36.2 Å². The zero-order chi connectivity index (χ0) is 32.4. The van der Waals surface area contributed by atoms with Gasteiger partial charge in [0.25, 0.3) is 0 Å². The molecule has 3 aromatic rings. The van der Waals surface area contributed by atoms with Crippen molar-refractivity contribution >= 4 is 5.97 Å². The van der Waals surface area contributed by atoms with Crippen molar-refractivity contribution in [3.05, 3.63) is 94.5 Å². The molecule has 2 unspecified atom stereocenters. The number of nitrogens with zero attached hydrogens (tertiary/aromatic N) is 1. The van der Waals surface area contributed by atoms with E-state index in [0.717, 1.165) is 54.8 Å². The molecule has 0 spiro atoms. The first-order chi connectivity index (χ1) is 20.5. The summed E-state index contributed by atoms with van der Waals surface area (Å²) in [6.45, 7) is 8.97. The van der Waals surface area contributed by atoms with Gasteiger partial charge >= 0.3 is 18.3 Å². The Morgan fingerprint density at radius 2 is 1.43 bits per heavy atom. The van der Waals surface area contributed by atoms with Crippen LogP contribution in [0.2, 0.25) is 0 Å². The summed E-state index contributed by atoms with van der Waals surface area (Å²) < 4.78 is 79.3. The van der Waals surface area contributed by atoms with Gasteiger partial charge in [-0.25, -0.2) is 0 Å². The van der Waals surface area contributed by atoms with E-state index in [4.69, 9.17) is 0 Å². The molecule has 0 aliphatic carbocycles. The van der Waals surface area contributed by atoms with E-state index in [1.807, 2.05) is 32.9 Å². The number of rotatable bonds is 9. The fourth-order valence-electron chi connectivity index (χ4n) is 6.53. The van der Waals surface area contributed by atoms with Gasteiger partial charge in [0.15, 0.2) is 0 Å². The van der Waals surface area contributed by atoms with Crippen molar-refractivity contribution in [2.24, 2.45) is 5.92 Å². The van der Waals surface area contributed by atoms with Crippen LogP contribution in [0.15, 0.2) is 66.7 Å². The smallest absolute Gasteiger partial charge is 0.416 e. The minimum atomic E-state index is -4.47. The molecule has 3 aromatic carbocycles. The molecule has 1 heterocycles. The van der Waals surface area contributed by atoms with E-state index in [1.165, 1.54) is 24.3 Å². The van der Waals surface area contributed by atoms with Crippen LogP contribution in [0, 0.1) is 5.92 Å². The Balaban J connectivity index is 1.74. The lowest BCUT2D eigenvalue weighted by atomic mass is 9.74. The largest absolute Gasteiger partial charge is 0.481 e. The van der Waals surface area contributed by atoms with Crippen LogP contribution < -0.4 is 0 Å². The van der Waals surface area contributed by atoms with Crippen molar-refractivity contribution in [3.63, 3.8) is 0 Å². The molecule has 0 bridgehead atoms. The molecule has 3 atom stereocenters. The van der Waals surface area contributed by atoms with Crippen molar-refractivity contribution in [3.8, 4) is 11.1 Å². The van der Waals surface area contributed by atoms with E-state index >= 15 is 0 Å². The minimum Gasteiger partial charge on any atom is -0.481 e. The molecule has 3 nitrogen and oxygen atoms in total. The van der Waals surface area contributed by atoms with E-state index < -0.39 is 34.9 Å². The van der Waals surface area contributed by atoms with Crippen molar-refractivity contribution in [1.29, 1.82) is 0 Å². The Hall–Kier alpha value is -3.33. The van der Waals surface area contributed by atoms with Gasteiger partial charge < -0.3 is 5.11 Å². The highest BCUT2D eigenvalue weighted by Crippen LogP contribution is 2.41. The quantitative estimate of drug-likeness (QED) is 0.242. The summed E-state index contributed by atoms with van der Waals surface area (Å²) >= 11 is 0. The van der Waals surface area contributed by atoms with E-state index in [2.05, 4.69) is 4.90 Å². The van der Waals surface area contributed by atoms with Gasteiger partial charge in [-0.05, 0) is 109 Å². The van der Waals surface area contributed by atoms with Crippen molar-refractivity contribution < 1.29 is 36.2 Å². The van der Waals surface area contributed by atoms with Crippen LogP contribution >= 0.6 is 0 Å². The molecule has 1 aliphatic heterocycles. The van der Waals surface area contributed by atoms with E-state index in [-0.39, 0.29) is 17.9 Å². The molecule has 4 rings (SSSR count). The number of hydrogen-bond donors (Lipinski definition) is 1. The average Bonchev–Trinajstić information content (AvgIpc) is 2.96. The molecule has 0 amide bonds. The fraction of sp³-hybridized carbons (Fsp3) is 0.457. The number of aliphatic carboxylic acids is 1. The predicted molar refractivity (Wildman–Crippen MR) is 159 cm³/mol. The number of carbonyl (C=O) groups is 1. The number of alkyl halides is 6. The highest BCUT2D eigenvalue weighted by atomic mass is 19.4. The number of benzene rings is 3. The summed E-state index contributed by atoms with van der Waals surface area (Å²) in [5.74, 6) is -0.897. The maximum Gasteiger partial charge on any atom is 0.416 e. The van der Waals surface area contributed by atoms with Gasteiger partial charge in [0.2, 0.25) is 0 Å². The third-order valence-corrected chi connectivity index (χ3v) is 8.80. The molecule has 9 heteroatoms. The highest BCUT2D eigenvalue weighted by Gasteiger charge is 2.38. The maximum atomic E-state index is 13.3. The molecule has 1 aliphatic rings. The van der Waals surface area contributed by atoms with E-state index in [1.54, 1.807) is 13.0 Å². The van der Waals surface area contributed by atoms with Gasteiger partial charge in [-0.2, -0.15) is 26.3 Å². The van der Waals surface area contributed by atoms with Crippen LogP contribution in [0.25, 0.3) is 11.1 Å². The van der Waals surface area contributed by atoms with Gasteiger partial charge in [0.1, 0.15) is 0 Å². The topological polar surface area (TPSA) is 40.5 Å². The summed E-state index contributed by atoms with van der Waals surface area (Å²) in [6, 6.07) is 15.7. The van der Waals surface area contributed by atoms with Gasteiger partial charge in [0, 0.05) is 12.6 Å². The lowest BCUT2D eigenvalue weighted by Gasteiger charge is -2.39. The van der Waals surface area contributed by atoms with Crippen LogP contribution in [-0.2, 0) is 22.6 Å². The maximum absolute atomic E-state index is 13.3. The van der Waals surface area contributed by atoms with Crippen molar-refractivity contribution in [2.75, 3.05) is 13.1 Å². The van der Waals surface area contributed by atoms with Crippen LogP contribution in [0.1, 0.15) is 93.2 Å². The second kappa shape index (κ2) is 13.0. The number of halogens is 6. The number of hydrogen-bond acceptors (Lipinski definition) is 2. The molecule has 0 radical (unpaired) electrons. The Bertz CT molecular complexity index is 1430. The lowest BCUT2D eigenvalue weighted by molar-refractivity contribution is -0.144. The summed E-state index contributed by atoms with van der Waals surface area (Å²) in [7, 11) is 0. The highest BCUT2D eigenvalue weighted by molar-refractivity contribution is 5.82. The molecule has 1 fully saturated rings. The first-order valence-electron chi connectivity index (χ1n) is 15.0. The molecule has 0 saturated carbocycles. The fourth-order valence-corrected chi connectivity index (χ4v) is 6.53. The Kier molecular flexibility index (Phi) is 9.88. The SMILES string of the molecule is CCC(c1ccc(C(F)(F)F)cc1)N1CCCC(c2cc(-c3ccc(C(F)(F)F)cc3)cc([C@@](C)(CC(C)C)C(=O)O)c2)C1. The minimum absolute atomic E-state index is 0.00232. The van der Waals surface area contributed by atoms with Gasteiger partial charge in [-0.1, -0.05) is 57.2 Å². The van der Waals surface area contributed by atoms with Crippen molar-refractivity contribution in [1.82, 2.24) is 4.90 Å². The normalized spacial score (nSPS) is 18.7. The summed E-state index contributed by atoms with van der Waals surface area (Å²) in [5.41, 5.74) is 0.837. The second-order valence-corrected chi connectivity index (χ2v) is 12.5. The van der Waals surface area contributed by atoms with Gasteiger partial charge in [-0.15, -0.1) is 0 Å². The average molecular weight is 620 g/mol. The zero-order valence-corrected chi connectivity index (χ0v) is 25.4. The Morgan fingerprint density at radius 1 is 0.864 bits per heavy atom. The summed E-state index contributed by atoms with van der Waals surface area (Å²) in [5, 5.41) is 10.4. The Morgan fingerprint density at radius 3 is 1.93 bits per heavy atom. The summed E-state index contributed by atoms with van der Waals surface area (Å²) in [4.78, 5) is 14.9. The van der Waals surface area contributed by atoms with E-state index in [0.29, 0.717) is 36.1 Å². The zero-order valence-electron chi connectivity index (χ0n) is 25.4. The van der Waals surface area contributed by atoms with Gasteiger partial charge in [0.05, 0.1) is 16.5 Å². The summed E-state index contributed by atoms with van der Waals surface area (Å²) in [6.07, 6.45) is -6.15. The number of carboxylic acid groups (broad SMARTS) is 1. The Labute approximate surface area is 254 Å². The monoisotopic (exact) mass is 619 g/mol. The third kappa shape index (κ3) is 7.48. The molecule has 1 N–H and O–H groups in total. The molecular formula is C35H39F6NO2. The molecule has 0 aromatic heterocycles. The second-order valence-electron chi connectivity index (χ2n) is 12.5. The molecule has 1 saturated heterocycles. The number of piperidine rings is 1. The van der Waals surface area contributed by atoms with Crippen LogP contribution in [-0.4, -0.2) is 29.1 Å². The van der Waals surface area contributed by atoms with Crippen LogP contribution in [0.3, 0.4) is 0 Å². The first-order valence-corrected chi connectivity index (χ1v) is 15.0. The molecule has 44 heavy (non-hydrogen) atoms.